The summed E-state index contributed by atoms with van der Waals surface area (Å²) in [6.07, 6.45) is 1.43. The Hall–Kier alpha value is -3.75. The van der Waals surface area contributed by atoms with Gasteiger partial charge in [-0.1, -0.05) is 35.5 Å². The highest BCUT2D eigenvalue weighted by Crippen LogP contribution is 2.38. The van der Waals surface area contributed by atoms with Gasteiger partial charge in [-0.3, -0.25) is 9.69 Å². The van der Waals surface area contributed by atoms with Crippen LogP contribution in [0.5, 0.6) is 5.75 Å². The quantitative estimate of drug-likeness (QED) is 0.318. The van der Waals surface area contributed by atoms with Crippen molar-refractivity contribution in [3.05, 3.63) is 77.1 Å². The molecule has 0 bridgehead atoms. The number of aryl methyl sites for hydroxylation is 1. The number of halogens is 2. The van der Waals surface area contributed by atoms with Crippen molar-refractivity contribution in [3.63, 3.8) is 0 Å². The molecule has 2 aliphatic rings. The molecule has 1 aromatic heterocycles. The number of benzene rings is 3. The molecule has 1 aliphatic heterocycles. The van der Waals surface area contributed by atoms with Gasteiger partial charge in [0.2, 0.25) is 5.82 Å². The molecule has 0 radical (unpaired) electrons. The van der Waals surface area contributed by atoms with Crippen LogP contribution in [0.15, 0.2) is 59.1 Å². The minimum atomic E-state index is -0.694. The first-order valence-electron chi connectivity index (χ1n) is 12.3. The van der Waals surface area contributed by atoms with Crippen LogP contribution >= 0.6 is 12.4 Å². The number of hydrogen-bond donors (Lipinski definition) is 1. The molecular weight excluding hydrogens is 509 g/mol. The van der Waals surface area contributed by atoms with Crippen molar-refractivity contribution < 1.29 is 23.6 Å². The largest absolute Gasteiger partial charge is 0.494 e. The van der Waals surface area contributed by atoms with E-state index in [0.717, 1.165) is 35.3 Å². The van der Waals surface area contributed by atoms with Gasteiger partial charge in [-0.25, -0.2) is 4.39 Å². The molecular formula is C29H27ClFN3O4. The fourth-order valence-electron chi connectivity index (χ4n) is 5.34. The van der Waals surface area contributed by atoms with Crippen LogP contribution in [0.3, 0.4) is 0 Å². The molecule has 38 heavy (non-hydrogen) atoms. The number of carbonyl (C=O) groups is 1. The Morgan fingerprint density at radius 1 is 1.05 bits per heavy atom. The van der Waals surface area contributed by atoms with Gasteiger partial charge in [-0.05, 0) is 66.3 Å². The summed E-state index contributed by atoms with van der Waals surface area (Å²) in [5.74, 6) is -0.194. The Kier molecular flexibility index (Phi) is 6.94. The van der Waals surface area contributed by atoms with E-state index in [1.807, 2.05) is 31.2 Å². The van der Waals surface area contributed by atoms with Gasteiger partial charge in [0, 0.05) is 35.8 Å². The number of rotatable bonds is 6. The summed E-state index contributed by atoms with van der Waals surface area (Å²) < 4.78 is 25.5. The highest BCUT2D eigenvalue weighted by molar-refractivity contribution is 5.85. The molecule has 3 aromatic carbocycles. The fourth-order valence-corrected chi connectivity index (χ4v) is 5.34. The van der Waals surface area contributed by atoms with Gasteiger partial charge < -0.3 is 14.4 Å². The maximum Gasteiger partial charge on any atom is 0.306 e. The summed E-state index contributed by atoms with van der Waals surface area (Å²) in [6, 6.07) is 17.2. The van der Waals surface area contributed by atoms with E-state index >= 15 is 0 Å². The van der Waals surface area contributed by atoms with Crippen LogP contribution in [-0.4, -0.2) is 39.3 Å². The number of ether oxygens (including phenoxy) is 1. The molecule has 4 aromatic rings. The molecule has 196 valence electrons. The summed E-state index contributed by atoms with van der Waals surface area (Å²) in [6.45, 7) is 3.55. The number of carboxylic acids is 1. The van der Waals surface area contributed by atoms with E-state index in [-0.39, 0.29) is 24.1 Å². The zero-order valence-electron chi connectivity index (χ0n) is 21.0. The predicted molar refractivity (Wildman–Crippen MR) is 142 cm³/mol. The average molecular weight is 536 g/mol. The van der Waals surface area contributed by atoms with Crippen molar-refractivity contribution in [2.45, 2.75) is 38.9 Å². The lowest BCUT2D eigenvalue weighted by atomic mass is 9.79. The SMILES string of the molecule is COc1cccc(-c2ccc(-c3nc(-c4ccc5c(c4)CN(C4CC(C(=O)O)C4)C5)no3)cc2C)c1F.Cl. The second kappa shape index (κ2) is 10.2. The van der Waals surface area contributed by atoms with Gasteiger partial charge in [0.05, 0.1) is 13.0 Å². The number of hydrogen-bond acceptors (Lipinski definition) is 6. The lowest BCUT2D eigenvalue weighted by Crippen LogP contribution is -2.44. The molecule has 1 aliphatic carbocycles. The Morgan fingerprint density at radius 3 is 2.55 bits per heavy atom. The summed E-state index contributed by atoms with van der Waals surface area (Å²) >= 11 is 0. The smallest absolute Gasteiger partial charge is 0.306 e. The van der Waals surface area contributed by atoms with Crippen molar-refractivity contribution in [3.8, 4) is 39.7 Å². The number of nitrogens with zero attached hydrogens (tertiary/aromatic N) is 3. The first kappa shape index (κ1) is 25.9. The third-order valence-electron chi connectivity index (χ3n) is 7.56. The zero-order valence-corrected chi connectivity index (χ0v) is 21.8. The summed E-state index contributed by atoms with van der Waals surface area (Å²) in [5.41, 5.74) is 6.22. The molecule has 0 spiro atoms. The van der Waals surface area contributed by atoms with Gasteiger partial charge in [0.1, 0.15) is 0 Å². The van der Waals surface area contributed by atoms with Crippen LogP contribution in [0.25, 0.3) is 34.0 Å². The van der Waals surface area contributed by atoms with Crippen LogP contribution in [0, 0.1) is 18.7 Å². The number of carboxylic acid groups (broad SMARTS) is 1. The molecule has 0 saturated heterocycles. The normalized spacial score (nSPS) is 18.4. The van der Waals surface area contributed by atoms with Gasteiger partial charge in [-0.15, -0.1) is 12.4 Å². The minimum absolute atomic E-state index is 0. The van der Waals surface area contributed by atoms with Crippen molar-refractivity contribution in [2.75, 3.05) is 7.11 Å². The molecule has 7 nitrogen and oxygen atoms in total. The highest BCUT2D eigenvalue weighted by Gasteiger charge is 2.39. The highest BCUT2D eigenvalue weighted by atomic mass is 35.5. The molecule has 9 heteroatoms. The van der Waals surface area contributed by atoms with Gasteiger partial charge >= 0.3 is 5.97 Å². The van der Waals surface area contributed by atoms with Crippen LogP contribution < -0.4 is 4.74 Å². The standard InChI is InChI=1S/C29H26FN3O4.ClH/c1-16-10-18(8-9-23(16)24-4-3-5-25(36-2)26(24)30)28-31-27(32-37-28)17-6-7-19-14-33(15-21(19)11-17)22-12-20(13-22)29(34)35;/h3-11,20,22H,12-15H2,1-2H3,(H,34,35);1H. The van der Waals surface area contributed by atoms with Crippen LogP contribution in [0.2, 0.25) is 0 Å². The van der Waals surface area contributed by atoms with E-state index in [2.05, 4.69) is 27.2 Å². The van der Waals surface area contributed by atoms with Crippen molar-refractivity contribution in [2.24, 2.45) is 5.92 Å². The molecule has 1 N–H and O–H groups in total. The maximum absolute atomic E-state index is 14.8. The van der Waals surface area contributed by atoms with Crippen molar-refractivity contribution in [1.29, 1.82) is 0 Å². The van der Waals surface area contributed by atoms with Crippen molar-refractivity contribution >= 4 is 18.4 Å². The Bertz CT molecular complexity index is 1520. The third-order valence-corrected chi connectivity index (χ3v) is 7.56. The molecule has 1 saturated carbocycles. The monoisotopic (exact) mass is 535 g/mol. The summed E-state index contributed by atoms with van der Waals surface area (Å²) in [7, 11) is 1.45. The van der Waals surface area contributed by atoms with E-state index in [1.165, 1.54) is 18.2 Å². The minimum Gasteiger partial charge on any atom is -0.494 e. The molecule has 0 amide bonds. The average Bonchev–Trinajstić information content (AvgIpc) is 3.50. The van der Waals surface area contributed by atoms with E-state index < -0.39 is 11.8 Å². The molecule has 0 unspecified atom stereocenters. The number of aromatic nitrogens is 2. The Balaban J connectivity index is 0.00000294. The molecule has 6 rings (SSSR count). The van der Waals surface area contributed by atoms with Gasteiger partial charge in [-0.2, -0.15) is 4.98 Å². The molecule has 2 heterocycles. The van der Waals surface area contributed by atoms with Crippen LogP contribution in [0.1, 0.15) is 29.5 Å². The number of aliphatic carboxylic acids is 1. The topological polar surface area (TPSA) is 88.7 Å². The number of methoxy groups -OCH3 is 1. The van der Waals surface area contributed by atoms with Gasteiger partial charge in [0.15, 0.2) is 11.6 Å². The lowest BCUT2D eigenvalue weighted by Gasteiger charge is -2.39. The van der Waals surface area contributed by atoms with Crippen LogP contribution in [0.4, 0.5) is 4.39 Å². The Labute approximate surface area is 225 Å². The van der Waals surface area contributed by atoms with Crippen molar-refractivity contribution in [1.82, 2.24) is 15.0 Å². The second-order valence-corrected chi connectivity index (χ2v) is 9.82. The molecule has 1 fully saturated rings. The Morgan fingerprint density at radius 2 is 1.82 bits per heavy atom. The predicted octanol–water partition coefficient (Wildman–Crippen LogP) is 6.13. The van der Waals surface area contributed by atoms with E-state index in [4.69, 9.17) is 14.4 Å². The van der Waals surface area contributed by atoms with E-state index in [9.17, 15) is 9.18 Å². The first-order valence-corrected chi connectivity index (χ1v) is 12.3. The maximum atomic E-state index is 14.8. The number of fused-ring (bicyclic) bond motifs is 1. The molecule has 0 atom stereocenters. The van der Waals surface area contributed by atoms with E-state index in [0.29, 0.717) is 36.2 Å². The van der Waals surface area contributed by atoms with E-state index in [1.54, 1.807) is 18.2 Å². The summed E-state index contributed by atoms with van der Waals surface area (Å²) in [5, 5.41) is 13.4. The van der Waals surface area contributed by atoms with Crippen LogP contribution in [-0.2, 0) is 17.9 Å². The first-order chi connectivity index (χ1) is 17.9. The summed E-state index contributed by atoms with van der Waals surface area (Å²) in [4.78, 5) is 18.1. The third kappa shape index (κ3) is 4.54. The zero-order chi connectivity index (χ0) is 25.7. The second-order valence-electron chi connectivity index (χ2n) is 9.82. The lowest BCUT2D eigenvalue weighted by molar-refractivity contribution is -0.147. The van der Waals surface area contributed by atoms with Gasteiger partial charge in [0.25, 0.3) is 5.89 Å². The fraction of sp³-hybridized carbons (Fsp3) is 0.276.